The molecule has 0 spiro atoms. The monoisotopic (exact) mass is 393 g/mol. The van der Waals surface area contributed by atoms with Crippen molar-refractivity contribution in [1.29, 1.82) is 0 Å². The Kier molecular flexibility index (Phi) is 8.02. The fourth-order valence-electron chi connectivity index (χ4n) is 2.32. The van der Waals surface area contributed by atoms with Crippen molar-refractivity contribution in [3.63, 3.8) is 0 Å². The van der Waals surface area contributed by atoms with E-state index in [0.29, 0.717) is 12.2 Å². The molecule has 0 saturated carbocycles. The standard InChI is InChI=1S/C21H31NO6/c1-20(2,3)13-17(23)27-15-10-8-14(9-11-15)12-16(18(24)26-7)22-19(25)28-21(4,5)6/h8-11,16H,12-13H2,1-7H3,(H,22,25)/t16-/m0/s1. The first-order chi connectivity index (χ1) is 12.8. The first-order valence-electron chi connectivity index (χ1n) is 9.16. The van der Waals surface area contributed by atoms with Gasteiger partial charge in [0.2, 0.25) is 0 Å². The first kappa shape index (κ1) is 23.5. The van der Waals surface area contributed by atoms with Crippen LogP contribution in [0.15, 0.2) is 24.3 Å². The van der Waals surface area contributed by atoms with Crippen LogP contribution in [0.25, 0.3) is 0 Å². The zero-order chi connectivity index (χ0) is 21.5. The summed E-state index contributed by atoms with van der Waals surface area (Å²) < 4.78 is 15.3. The summed E-state index contributed by atoms with van der Waals surface area (Å²) in [6.07, 6.45) is -0.184. The van der Waals surface area contributed by atoms with Crippen LogP contribution in [-0.4, -0.2) is 36.8 Å². The third kappa shape index (κ3) is 9.39. The third-order valence-corrected chi connectivity index (χ3v) is 3.45. The molecule has 1 aromatic rings. The summed E-state index contributed by atoms with van der Waals surface area (Å²) >= 11 is 0. The molecule has 0 unspecified atom stereocenters. The fourth-order valence-corrected chi connectivity index (χ4v) is 2.32. The summed E-state index contributed by atoms with van der Waals surface area (Å²) in [6, 6.07) is 5.86. The molecule has 0 aromatic heterocycles. The van der Waals surface area contributed by atoms with E-state index in [4.69, 9.17) is 14.2 Å². The summed E-state index contributed by atoms with van der Waals surface area (Å²) in [4.78, 5) is 35.9. The normalized spacial score (nSPS) is 12.7. The van der Waals surface area contributed by atoms with Crippen molar-refractivity contribution in [2.75, 3.05) is 7.11 Å². The second kappa shape index (κ2) is 9.57. The van der Waals surface area contributed by atoms with Crippen molar-refractivity contribution in [1.82, 2.24) is 5.32 Å². The van der Waals surface area contributed by atoms with Gasteiger partial charge in [-0.05, 0) is 43.9 Å². The van der Waals surface area contributed by atoms with Crippen molar-refractivity contribution in [2.45, 2.75) is 66.0 Å². The van der Waals surface area contributed by atoms with Gasteiger partial charge in [-0.1, -0.05) is 32.9 Å². The number of esters is 2. The first-order valence-corrected chi connectivity index (χ1v) is 9.16. The highest BCUT2D eigenvalue weighted by Crippen LogP contribution is 2.21. The smallest absolute Gasteiger partial charge is 0.408 e. The Hall–Kier alpha value is -2.57. The van der Waals surface area contributed by atoms with Gasteiger partial charge in [0.05, 0.1) is 13.5 Å². The lowest BCUT2D eigenvalue weighted by atomic mass is 9.92. The van der Waals surface area contributed by atoms with Gasteiger partial charge in [-0.2, -0.15) is 0 Å². The van der Waals surface area contributed by atoms with Crippen molar-refractivity contribution < 1.29 is 28.6 Å². The number of methoxy groups -OCH3 is 1. The van der Waals surface area contributed by atoms with Crippen molar-refractivity contribution in [2.24, 2.45) is 5.41 Å². The van der Waals surface area contributed by atoms with E-state index in [1.165, 1.54) is 7.11 Å². The van der Waals surface area contributed by atoms with Crippen LogP contribution in [0.5, 0.6) is 5.75 Å². The highest BCUT2D eigenvalue weighted by molar-refractivity contribution is 5.81. The van der Waals surface area contributed by atoms with E-state index < -0.39 is 23.7 Å². The maximum Gasteiger partial charge on any atom is 0.408 e. The number of amides is 1. The van der Waals surface area contributed by atoms with Crippen LogP contribution in [0.3, 0.4) is 0 Å². The van der Waals surface area contributed by atoms with Gasteiger partial charge in [0.15, 0.2) is 0 Å². The summed E-state index contributed by atoms with van der Waals surface area (Å²) in [6.45, 7) is 11.1. The number of carbonyl (C=O) groups excluding carboxylic acids is 3. The van der Waals surface area contributed by atoms with Crippen LogP contribution in [0, 0.1) is 5.41 Å². The molecule has 1 aromatic carbocycles. The maximum absolute atomic E-state index is 12.0. The van der Waals surface area contributed by atoms with Gasteiger partial charge in [0.1, 0.15) is 17.4 Å². The van der Waals surface area contributed by atoms with Gasteiger partial charge in [-0.15, -0.1) is 0 Å². The zero-order valence-electron chi connectivity index (χ0n) is 17.8. The molecule has 1 N–H and O–H groups in total. The molecule has 28 heavy (non-hydrogen) atoms. The third-order valence-electron chi connectivity index (χ3n) is 3.45. The van der Waals surface area contributed by atoms with Crippen molar-refractivity contribution >= 4 is 18.0 Å². The van der Waals surface area contributed by atoms with Gasteiger partial charge < -0.3 is 19.5 Å². The van der Waals surface area contributed by atoms with Gasteiger partial charge >= 0.3 is 18.0 Å². The molecular formula is C21H31NO6. The Morgan fingerprint density at radius 3 is 2.04 bits per heavy atom. The van der Waals surface area contributed by atoms with E-state index >= 15 is 0 Å². The van der Waals surface area contributed by atoms with Gasteiger partial charge in [-0.3, -0.25) is 4.79 Å². The molecule has 0 heterocycles. The van der Waals surface area contributed by atoms with E-state index in [2.05, 4.69) is 5.32 Å². The zero-order valence-corrected chi connectivity index (χ0v) is 17.8. The van der Waals surface area contributed by atoms with Crippen LogP contribution in [0.1, 0.15) is 53.5 Å². The Bertz CT molecular complexity index is 682. The number of hydrogen-bond acceptors (Lipinski definition) is 6. The number of alkyl carbamates (subject to hydrolysis) is 1. The van der Waals surface area contributed by atoms with Crippen LogP contribution >= 0.6 is 0 Å². The minimum Gasteiger partial charge on any atom is -0.467 e. The van der Waals surface area contributed by atoms with Crippen molar-refractivity contribution in [3.8, 4) is 5.75 Å². The average Bonchev–Trinajstić information content (AvgIpc) is 2.51. The van der Waals surface area contributed by atoms with Crippen LogP contribution in [0.4, 0.5) is 4.79 Å². The molecule has 0 saturated heterocycles. The lowest BCUT2D eigenvalue weighted by Gasteiger charge is -2.22. The second-order valence-electron chi connectivity index (χ2n) is 8.78. The molecule has 7 heteroatoms. The molecule has 7 nitrogen and oxygen atoms in total. The lowest BCUT2D eigenvalue weighted by Crippen LogP contribution is -2.45. The van der Waals surface area contributed by atoms with E-state index in [9.17, 15) is 14.4 Å². The van der Waals surface area contributed by atoms with E-state index in [-0.39, 0.29) is 17.8 Å². The van der Waals surface area contributed by atoms with Crippen LogP contribution in [-0.2, 0) is 25.5 Å². The SMILES string of the molecule is COC(=O)[C@H](Cc1ccc(OC(=O)CC(C)(C)C)cc1)NC(=O)OC(C)(C)C. The van der Waals surface area contributed by atoms with Gasteiger partial charge in [0, 0.05) is 6.42 Å². The van der Waals surface area contributed by atoms with Crippen LogP contribution in [0.2, 0.25) is 0 Å². The van der Waals surface area contributed by atoms with E-state index in [0.717, 1.165) is 5.56 Å². The highest BCUT2D eigenvalue weighted by Gasteiger charge is 2.25. The van der Waals surface area contributed by atoms with Crippen LogP contribution < -0.4 is 10.1 Å². The molecule has 1 rings (SSSR count). The number of carbonyl (C=O) groups is 3. The Labute approximate surface area is 166 Å². The Balaban J connectivity index is 2.75. The predicted octanol–water partition coefficient (Wildman–Crippen LogP) is 3.64. The lowest BCUT2D eigenvalue weighted by molar-refractivity contribution is -0.143. The number of nitrogens with one attached hydrogen (secondary N) is 1. The molecular weight excluding hydrogens is 362 g/mol. The molecule has 0 fully saturated rings. The molecule has 1 atom stereocenters. The topological polar surface area (TPSA) is 90.9 Å². The number of benzene rings is 1. The largest absolute Gasteiger partial charge is 0.467 e. The minimum absolute atomic E-state index is 0.155. The molecule has 0 aliphatic rings. The highest BCUT2D eigenvalue weighted by atomic mass is 16.6. The maximum atomic E-state index is 12.0. The summed E-state index contributed by atoms with van der Waals surface area (Å²) in [5.74, 6) is -0.460. The van der Waals surface area contributed by atoms with E-state index in [1.54, 1.807) is 45.0 Å². The molecule has 0 aliphatic carbocycles. The number of rotatable bonds is 6. The summed E-state index contributed by atoms with van der Waals surface area (Å²) in [5, 5.41) is 2.52. The summed E-state index contributed by atoms with van der Waals surface area (Å²) in [5.41, 5.74) is -0.0661. The molecule has 156 valence electrons. The molecule has 0 aliphatic heterocycles. The average molecular weight is 393 g/mol. The predicted molar refractivity (Wildman–Crippen MR) is 105 cm³/mol. The molecule has 0 bridgehead atoms. The van der Waals surface area contributed by atoms with Crippen molar-refractivity contribution in [3.05, 3.63) is 29.8 Å². The van der Waals surface area contributed by atoms with Gasteiger partial charge in [-0.25, -0.2) is 9.59 Å². The fraction of sp³-hybridized carbons (Fsp3) is 0.571. The molecule has 1 amide bonds. The summed E-state index contributed by atoms with van der Waals surface area (Å²) in [7, 11) is 1.25. The quantitative estimate of drug-likeness (QED) is 0.586. The Morgan fingerprint density at radius 1 is 1.00 bits per heavy atom. The Morgan fingerprint density at radius 2 is 1.57 bits per heavy atom. The van der Waals surface area contributed by atoms with Gasteiger partial charge in [0.25, 0.3) is 0 Å². The second-order valence-corrected chi connectivity index (χ2v) is 8.78. The number of ether oxygens (including phenoxy) is 3. The molecule has 0 radical (unpaired) electrons. The van der Waals surface area contributed by atoms with E-state index in [1.807, 2.05) is 20.8 Å². The number of hydrogen-bond donors (Lipinski definition) is 1. The minimum atomic E-state index is -0.894.